The minimum Gasteiger partial charge on any atom is -0.248 e. The van der Waals surface area contributed by atoms with Gasteiger partial charge in [-0.2, -0.15) is 0 Å². The zero-order chi connectivity index (χ0) is 9.80. The number of aromatic nitrogens is 3. The van der Waals surface area contributed by atoms with Crippen LogP contribution in [0.3, 0.4) is 0 Å². The molecule has 14 heavy (non-hydrogen) atoms. The number of rotatable bonds is 3. The van der Waals surface area contributed by atoms with Gasteiger partial charge in [-0.25, -0.2) is 4.68 Å². The second-order valence-electron chi connectivity index (χ2n) is 3.59. The second-order valence-corrected chi connectivity index (χ2v) is 3.59. The molecule has 0 unspecified atom stereocenters. The van der Waals surface area contributed by atoms with E-state index >= 15 is 0 Å². The summed E-state index contributed by atoms with van der Waals surface area (Å²) >= 11 is 0. The van der Waals surface area contributed by atoms with Gasteiger partial charge in [-0.1, -0.05) is 17.4 Å². The largest absolute Gasteiger partial charge is 0.248 e. The second kappa shape index (κ2) is 4.22. The van der Waals surface area contributed by atoms with Crippen molar-refractivity contribution < 1.29 is 0 Å². The number of allylic oxidation sites excluding steroid dienone is 3. The highest BCUT2D eigenvalue weighted by atomic mass is 15.4. The summed E-state index contributed by atoms with van der Waals surface area (Å²) in [7, 11) is 0. The first-order valence-corrected chi connectivity index (χ1v) is 5.10. The number of hydrogen-bond acceptors (Lipinski definition) is 2. The predicted octanol–water partition coefficient (Wildman–Crippen LogP) is 2.42. The fourth-order valence-corrected chi connectivity index (χ4v) is 1.74. The van der Waals surface area contributed by atoms with Crippen LogP contribution >= 0.6 is 0 Å². The predicted molar refractivity (Wildman–Crippen MR) is 56.7 cm³/mol. The molecule has 2 rings (SSSR count). The summed E-state index contributed by atoms with van der Waals surface area (Å²) in [5.74, 6) is 0. The van der Waals surface area contributed by atoms with Crippen LogP contribution in [0.4, 0.5) is 0 Å². The Hall–Kier alpha value is -1.38. The van der Waals surface area contributed by atoms with E-state index in [1.807, 2.05) is 17.0 Å². The van der Waals surface area contributed by atoms with E-state index < -0.39 is 0 Å². The van der Waals surface area contributed by atoms with E-state index in [4.69, 9.17) is 0 Å². The molecule has 0 saturated carbocycles. The summed E-state index contributed by atoms with van der Waals surface area (Å²) in [5, 5.41) is 8.19. The van der Waals surface area contributed by atoms with Gasteiger partial charge in [0, 0.05) is 0 Å². The van der Waals surface area contributed by atoms with Crippen molar-refractivity contribution in [3.63, 3.8) is 0 Å². The number of nitrogens with zero attached hydrogens (tertiary/aromatic N) is 3. The molecule has 1 heterocycles. The molecule has 0 radical (unpaired) electrons. The SMILES string of the molecule is C=CCn1cc(C2=CCCCC2)nn1. The highest BCUT2D eigenvalue weighted by molar-refractivity contribution is 5.62. The molecular formula is C11H15N3. The first-order chi connectivity index (χ1) is 6.90. The highest BCUT2D eigenvalue weighted by Crippen LogP contribution is 2.24. The third-order valence-electron chi connectivity index (χ3n) is 2.47. The molecule has 1 aromatic heterocycles. The Morgan fingerprint density at radius 3 is 3.14 bits per heavy atom. The summed E-state index contributed by atoms with van der Waals surface area (Å²) in [6, 6.07) is 0. The summed E-state index contributed by atoms with van der Waals surface area (Å²) in [5.41, 5.74) is 2.39. The lowest BCUT2D eigenvalue weighted by molar-refractivity contribution is 0.662. The summed E-state index contributed by atoms with van der Waals surface area (Å²) in [6.45, 7) is 4.41. The molecule has 1 aliphatic rings. The van der Waals surface area contributed by atoms with Crippen LogP contribution in [0.25, 0.3) is 5.57 Å². The minimum atomic E-state index is 0.736. The van der Waals surface area contributed by atoms with Gasteiger partial charge in [-0.3, -0.25) is 0 Å². The molecule has 0 N–H and O–H groups in total. The summed E-state index contributed by atoms with van der Waals surface area (Å²) in [6.07, 6.45) is 11.0. The van der Waals surface area contributed by atoms with E-state index in [2.05, 4.69) is 23.0 Å². The first kappa shape index (κ1) is 9.19. The standard InChI is InChI=1S/C11H15N3/c1-2-8-14-9-11(12-13-14)10-6-4-3-5-7-10/h2,6,9H,1,3-5,7-8H2. The molecule has 0 amide bonds. The summed E-state index contributed by atoms with van der Waals surface area (Å²) < 4.78 is 1.82. The van der Waals surface area contributed by atoms with Gasteiger partial charge in [0.1, 0.15) is 5.69 Å². The van der Waals surface area contributed by atoms with Crippen LogP contribution in [0, 0.1) is 0 Å². The van der Waals surface area contributed by atoms with Gasteiger partial charge >= 0.3 is 0 Å². The van der Waals surface area contributed by atoms with Crippen LogP contribution in [-0.4, -0.2) is 15.0 Å². The van der Waals surface area contributed by atoms with Gasteiger partial charge in [0.05, 0.1) is 12.7 Å². The van der Waals surface area contributed by atoms with Crippen LogP contribution in [0.2, 0.25) is 0 Å². The van der Waals surface area contributed by atoms with E-state index in [-0.39, 0.29) is 0 Å². The van der Waals surface area contributed by atoms with Gasteiger partial charge in [-0.15, -0.1) is 11.7 Å². The fraction of sp³-hybridized carbons (Fsp3) is 0.455. The van der Waals surface area contributed by atoms with Crippen LogP contribution in [0.1, 0.15) is 31.4 Å². The lowest BCUT2D eigenvalue weighted by atomic mass is 9.98. The van der Waals surface area contributed by atoms with E-state index in [0.717, 1.165) is 18.7 Å². The molecule has 0 aromatic carbocycles. The van der Waals surface area contributed by atoms with Crippen molar-refractivity contribution in [2.75, 3.05) is 0 Å². The lowest BCUT2D eigenvalue weighted by Gasteiger charge is -2.08. The molecule has 0 saturated heterocycles. The van der Waals surface area contributed by atoms with Crippen molar-refractivity contribution in [3.05, 3.63) is 30.6 Å². The van der Waals surface area contributed by atoms with Crippen molar-refractivity contribution in [1.29, 1.82) is 0 Å². The maximum absolute atomic E-state index is 4.16. The molecule has 1 aromatic rings. The zero-order valence-electron chi connectivity index (χ0n) is 8.32. The van der Waals surface area contributed by atoms with Gasteiger partial charge in [0.25, 0.3) is 0 Å². The Balaban J connectivity index is 2.15. The average molecular weight is 189 g/mol. The smallest absolute Gasteiger partial charge is 0.108 e. The summed E-state index contributed by atoms with van der Waals surface area (Å²) in [4.78, 5) is 0. The van der Waals surface area contributed by atoms with Gasteiger partial charge in [0.2, 0.25) is 0 Å². The molecule has 0 spiro atoms. The maximum Gasteiger partial charge on any atom is 0.108 e. The molecule has 0 aliphatic heterocycles. The first-order valence-electron chi connectivity index (χ1n) is 5.10. The van der Waals surface area contributed by atoms with Crippen LogP contribution in [0.5, 0.6) is 0 Å². The minimum absolute atomic E-state index is 0.736. The van der Waals surface area contributed by atoms with Crippen molar-refractivity contribution in [1.82, 2.24) is 15.0 Å². The Labute approximate surface area is 84.1 Å². The van der Waals surface area contributed by atoms with Gasteiger partial charge in [-0.05, 0) is 31.3 Å². The van der Waals surface area contributed by atoms with Crippen molar-refractivity contribution in [2.45, 2.75) is 32.2 Å². The van der Waals surface area contributed by atoms with E-state index in [1.54, 1.807) is 0 Å². The monoisotopic (exact) mass is 189 g/mol. The molecule has 3 heteroatoms. The quantitative estimate of drug-likeness (QED) is 0.684. The van der Waals surface area contributed by atoms with Crippen molar-refractivity contribution in [3.8, 4) is 0 Å². The Morgan fingerprint density at radius 1 is 1.50 bits per heavy atom. The van der Waals surface area contributed by atoms with Crippen molar-refractivity contribution >= 4 is 5.57 Å². The topological polar surface area (TPSA) is 30.7 Å². The molecule has 3 nitrogen and oxygen atoms in total. The Kier molecular flexibility index (Phi) is 2.77. The molecule has 0 atom stereocenters. The molecule has 74 valence electrons. The van der Waals surface area contributed by atoms with Crippen LogP contribution in [-0.2, 0) is 6.54 Å². The molecular weight excluding hydrogens is 174 g/mol. The third kappa shape index (κ3) is 1.92. The van der Waals surface area contributed by atoms with Crippen LogP contribution < -0.4 is 0 Å². The Bertz CT molecular complexity index is 349. The third-order valence-corrected chi connectivity index (χ3v) is 2.47. The van der Waals surface area contributed by atoms with E-state index in [1.165, 1.54) is 24.8 Å². The van der Waals surface area contributed by atoms with Crippen molar-refractivity contribution in [2.24, 2.45) is 0 Å². The lowest BCUT2D eigenvalue weighted by Crippen LogP contribution is -1.94. The molecule has 0 fully saturated rings. The zero-order valence-corrected chi connectivity index (χ0v) is 8.32. The van der Waals surface area contributed by atoms with Gasteiger partial charge < -0.3 is 0 Å². The highest BCUT2D eigenvalue weighted by Gasteiger charge is 2.09. The average Bonchev–Trinajstić information content (AvgIpc) is 2.68. The number of hydrogen-bond donors (Lipinski definition) is 0. The Morgan fingerprint density at radius 2 is 2.43 bits per heavy atom. The molecule has 1 aliphatic carbocycles. The molecule has 0 bridgehead atoms. The van der Waals surface area contributed by atoms with Crippen LogP contribution in [0.15, 0.2) is 24.9 Å². The van der Waals surface area contributed by atoms with Gasteiger partial charge in [0.15, 0.2) is 0 Å². The normalized spacial score (nSPS) is 16.4. The maximum atomic E-state index is 4.16. The van der Waals surface area contributed by atoms with E-state index in [9.17, 15) is 0 Å². The fourth-order valence-electron chi connectivity index (χ4n) is 1.74. The van der Waals surface area contributed by atoms with E-state index in [0.29, 0.717) is 0 Å².